The van der Waals surface area contributed by atoms with E-state index in [9.17, 15) is 9.18 Å². The molecule has 2 heterocycles. The van der Waals surface area contributed by atoms with E-state index in [4.69, 9.17) is 9.47 Å². The van der Waals surface area contributed by atoms with Crippen molar-refractivity contribution >= 4 is 17.6 Å². The van der Waals surface area contributed by atoms with Crippen LogP contribution < -0.4 is 15.2 Å². The molecule has 0 atom stereocenters. The van der Waals surface area contributed by atoms with Crippen molar-refractivity contribution in [2.24, 2.45) is 0 Å². The lowest BCUT2D eigenvalue weighted by Gasteiger charge is -2.35. The standard InChI is InChI=1S/C25H29FN4O3S/c1-2-32-16-17-33-24-23(18-27-30(25(24)31)22-11-7-6-10-21(22)26)28-12-14-29(15-13-28)34-19-20-8-4-3-5-9-20/h3-11,18H,2,12-17,19H2,1H3. The van der Waals surface area contributed by atoms with Gasteiger partial charge in [0.05, 0.1) is 12.8 Å². The maximum absolute atomic E-state index is 14.4. The molecule has 0 radical (unpaired) electrons. The van der Waals surface area contributed by atoms with Gasteiger partial charge in [-0.3, -0.25) is 4.79 Å². The van der Waals surface area contributed by atoms with Crippen molar-refractivity contribution < 1.29 is 13.9 Å². The third-order valence-corrected chi connectivity index (χ3v) is 6.70. The van der Waals surface area contributed by atoms with Crippen molar-refractivity contribution in [3.8, 4) is 11.4 Å². The van der Waals surface area contributed by atoms with Gasteiger partial charge in [-0.1, -0.05) is 54.4 Å². The highest BCUT2D eigenvalue weighted by molar-refractivity contribution is 7.96. The Bertz CT molecular complexity index is 1120. The zero-order valence-electron chi connectivity index (χ0n) is 19.2. The maximum atomic E-state index is 14.4. The first-order chi connectivity index (χ1) is 16.7. The summed E-state index contributed by atoms with van der Waals surface area (Å²) >= 11 is 1.81. The Balaban J connectivity index is 1.49. The van der Waals surface area contributed by atoms with E-state index < -0.39 is 11.4 Å². The van der Waals surface area contributed by atoms with Crippen LogP contribution in [0.5, 0.6) is 5.75 Å². The number of hydrogen-bond acceptors (Lipinski definition) is 7. The van der Waals surface area contributed by atoms with Crippen LogP contribution in [-0.2, 0) is 10.5 Å². The first-order valence-electron chi connectivity index (χ1n) is 11.4. The molecule has 2 aromatic carbocycles. The molecule has 1 fully saturated rings. The molecular formula is C25H29FN4O3S. The van der Waals surface area contributed by atoms with Gasteiger partial charge in [-0.05, 0) is 24.6 Å². The second-order valence-electron chi connectivity index (χ2n) is 7.75. The second kappa shape index (κ2) is 12.0. The smallest absolute Gasteiger partial charge is 0.316 e. The fourth-order valence-electron chi connectivity index (χ4n) is 3.73. The average molecular weight is 485 g/mol. The number of anilines is 1. The van der Waals surface area contributed by atoms with Crippen molar-refractivity contribution in [1.29, 1.82) is 0 Å². The number of halogens is 1. The molecule has 0 saturated carbocycles. The highest BCUT2D eigenvalue weighted by atomic mass is 32.2. The lowest BCUT2D eigenvalue weighted by atomic mass is 10.2. The maximum Gasteiger partial charge on any atom is 0.316 e. The number of rotatable bonds is 10. The molecule has 180 valence electrons. The Hall–Kier alpha value is -2.88. The minimum atomic E-state index is -0.519. The van der Waals surface area contributed by atoms with Crippen LogP contribution in [0.4, 0.5) is 10.1 Å². The molecule has 7 nitrogen and oxygen atoms in total. The molecule has 9 heteroatoms. The van der Waals surface area contributed by atoms with Gasteiger partial charge in [0.15, 0.2) is 0 Å². The highest BCUT2D eigenvalue weighted by Crippen LogP contribution is 2.27. The topological polar surface area (TPSA) is 59.8 Å². The molecule has 0 amide bonds. The van der Waals surface area contributed by atoms with Gasteiger partial charge < -0.3 is 14.4 Å². The highest BCUT2D eigenvalue weighted by Gasteiger charge is 2.24. The SMILES string of the molecule is CCOCCOc1c(N2CCN(SCc3ccccc3)CC2)cnn(-c2ccccc2F)c1=O. The van der Waals surface area contributed by atoms with E-state index in [1.807, 2.05) is 24.9 Å². The molecule has 0 spiro atoms. The third-order valence-electron chi connectivity index (χ3n) is 5.51. The van der Waals surface area contributed by atoms with E-state index in [0.717, 1.165) is 36.6 Å². The molecule has 0 unspecified atom stereocenters. The lowest BCUT2D eigenvalue weighted by Crippen LogP contribution is -2.44. The molecule has 1 saturated heterocycles. The lowest BCUT2D eigenvalue weighted by molar-refractivity contribution is 0.109. The Kier molecular flexibility index (Phi) is 8.56. The van der Waals surface area contributed by atoms with Gasteiger partial charge in [0.25, 0.3) is 0 Å². The molecule has 0 N–H and O–H groups in total. The average Bonchev–Trinajstić information content (AvgIpc) is 2.87. The second-order valence-corrected chi connectivity index (χ2v) is 8.81. The summed E-state index contributed by atoms with van der Waals surface area (Å²) in [6.45, 7) is 6.19. The first kappa shape index (κ1) is 24.3. The van der Waals surface area contributed by atoms with Gasteiger partial charge in [0, 0.05) is 38.5 Å². The van der Waals surface area contributed by atoms with Gasteiger partial charge in [-0.15, -0.1) is 0 Å². The summed E-state index contributed by atoms with van der Waals surface area (Å²) in [5.41, 5.74) is 1.53. The van der Waals surface area contributed by atoms with Crippen molar-refractivity contribution in [3.05, 3.63) is 82.5 Å². The van der Waals surface area contributed by atoms with E-state index >= 15 is 0 Å². The summed E-state index contributed by atoms with van der Waals surface area (Å²) in [4.78, 5) is 15.4. The van der Waals surface area contributed by atoms with Gasteiger partial charge in [0.1, 0.15) is 23.8 Å². The third kappa shape index (κ3) is 5.97. The van der Waals surface area contributed by atoms with Crippen LogP contribution in [0.25, 0.3) is 5.69 Å². The summed E-state index contributed by atoms with van der Waals surface area (Å²) in [6, 6.07) is 16.5. The van der Waals surface area contributed by atoms with Crippen molar-refractivity contribution in [1.82, 2.24) is 14.1 Å². The zero-order chi connectivity index (χ0) is 23.8. The molecule has 0 bridgehead atoms. The summed E-state index contributed by atoms with van der Waals surface area (Å²) in [7, 11) is 0. The summed E-state index contributed by atoms with van der Waals surface area (Å²) in [5, 5.41) is 4.28. The van der Waals surface area contributed by atoms with Crippen LogP contribution in [0.2, 0.25) is 0 Å². The number of aromatic nitrogens is 2. The number of ether oxygens (including phenoxy) is 2. The molecule has 1 aliphatic heterocycles. The molecule has 4 rings (SSSR count). The quantitative estimate of drug-likeness (QED) is 0.321. The normalized spacial score (nSPS) is 14.4. The van der Waals surface area contributed by atoms with Crippen LogP contribution in [-0.4, -0.2) is 60.1 Å². The predicted molar refractivity (Wildman–Crippen MR) is 133 cm³/mol. The van der Waals surface area contributed by atoms with Crippen LogP contribution >= 0.6 is 11.9 Å². The molecule has 1 aromatic heterocycles. The first-order valence-corrected chi connectivity index (χ1v) is 12.4. The van der Waals surface area contributed by atoms with Crippen molar-refractivity contribution in [3.63, 3.8) is 0 Å². The van der Waals surface area contributed by atoms with Crippen LogP contribution in [0.3, 0.4) is 0 Å². The Morgan fingerprint density at radius 3 is 2.44 bits per heavy atom. The number of nitrogens with zero attached hydrogens (tertiary/aromatic N) is 4. The zero-order valence-corrected chi connectivity index (χ0v) is 20.0. The van der Waals surface area contributed by atoms with Gasteiger partial charge in [-0.2, -0.15) is 9.78 Å². The monoisotopic (exact) mass is 484 g/mol. The van der Waals surface area contributed by atoms with Gasteiger partial charge >= 0.3 is 5.56 Å². The number of benzene rings is 2. The molecule has 34 heavy (non-hydrogen) atoms. The predicted octanol–water partition coefficient (Wildman–Crippen LogP) is 3.76. The molecule has 3 aromatic rings. The molecule has 1 aliphatic rings. The van der Waals surface area contributed by atoms with E-state index in [0.29, 0.717) is 18.9 Å². The molecule has 0 aliphatic carbocycles. The fourth-order valence-corrected chi connectivity index (χ4v) is 4.68. The van der Waals surface area contributed by atoms with Crippen molar-refractivity contribution in [2.75, 3.05) is 50.9 Å². The van der Waals surface area contributed by atoms with Crippen LogP contribution in [0, 0.1) is 5.82 Å². The van der Waals surface area contributed by atoms with Gasteiger partial charge in [-0.25, -0.2) is 8.70 Å². The summed E-state index contributed by atoms with van der Waals surface area (Å²) in [5.74, 6) is 0.574. The van der Waals surface area contributed by atoms with Crippen LogP contribution in [0.15, 0.2) is 65.6 Å². The number of piperazine rings is 1. The summed E-state index contributed by atoms with van der Waals surface area (Å²) < 4.78 is 29.0. The Morgan fingerprint density at radius 2 is 1.71 bits per heavy atom. The van der Waals surface area contributed by atoms with E-state index in [1.165, 1.54) is 17.7 Å². The van der Waals surface area contributed by atoms with E-state index in [1.54, 1.807) is 18.3 Å². The summed E-state index contributed by atoms with van der Waals surface area (Å²) in [6.07, 6.45) is 1.59. The minimum absolute atomic E-state index is 0.0934. The fraction of sp³-hybridized carbons (Fsp3) is 0.360. The Morgan fingerprint density at radius 1 is 0.971 bits per heavy atom. The minimum Gasteiger partial charge on any atom is -0.484 e. The van der Waals surface area contributed by atoms with Crippen molar-refractivity contribution in [2.45, 2.75) is 12.7 Å². The number of para-hydroxylation sites is 1. The van der Waals surface area contributed by atoms with Gasteiger partial charge in [0.2, 0.25) is 5.75 Å². The van der Waals surface area contributed by atoms with E-state index in [2.05, 4.69) is 38.6 Å². The van der Waals surface area contributed by atoms with E-state index in [-0.39, 0.29) is 18.0 Å². The largest absolute Gasteiger partial charge is 0.484 e. The van der Waals surface area contributed by atoms with Crippen LogP contribution in [0.1, 0.15) is 12.5 Å². The number of hydrogen-bond donors (Lipinski definition) is 0. The molecular weight excluding hydrogens is 455 g/mol. The Labute approximate surface area is 203 Å².